The monoisotopic (exact) mass is 913 g/mol. The van der Waals surface area contributed by atoms with Crippen LogP contribution in [0.2, 0.25) is 0 Å². The lowest BCUT2D eigenvalue weighted by molar-refractivity contribution is 0.388. The van der Waals surface area contributed by atoms with Gasteiger partial charge >= 0.3 is 0 Å². The Hall–Kier alpha value is -2.34. The minimum absolute atomic E-state index is 0.885. The first-order valence-electron chi connectivity index (χ1n) is 28.2. The molecule has 0 aliphatic rings. The SMILES string of the molecule is CCC/C=C(\C)CC/C=C(\C)CC/C=C(\C)CC/C=C(\C)CC/C=C(\C)CCC=C(C)C.CCC/C=C(\C)CC/C=C(\C)CCC=C(C)C.CCCCC(C)CCCC(C)CCCC(C)C. The van der Waals surface area contributed by atoms with Gasteiger partial charge in [0.2, 0.25) is 0 Å². The van der Waals surface area contributed by atoms with Crippen molar-refractivity contribution in [1.29, 1.82) is 0 Å². The zero-order chi connectivity index (χ0) is 50.4. The summed E-state index contributed by atoms with van der Waals surface area (Å²) in [5, 5.41) is 0. The van der Waals surface area contributed by atoms with Crippen molar-refractivity contribution in [3.8, 4) is 0 Å². The lowest BCUT2D eigenvalue weighted by Gasteiger charge is -2.14. The van der Waals surface area contributed by atoms with Crippen LogP contribution in [0.5, 0.6) is 0 Å². The van der Waals surface area contributed by atoms with Crippen molar-refractivity contribution in [3.63, 3.8) is 0 Å². The molecule has 0 nitrogen and oxygen atoms in total. The van der Waals surface area contributed by atoms with E-state index in [4.69, 9.17) is 0 Å². The van der Waals surface area contributed by atoms with Crippen LogP contribution in [0.4, 0.5) is 0 Å². The van der Waals surface area contributed by atoms with E-state index in [2.05, 4.69) is 179 Å². The predicted octanol–water partition coefficient (Wildman–Crippen LogP) is 24.0. The maximum Gasteiger partial charge on any atom is -0.0288 e. The molecule has 0 aromatic heterocycles. The molecule has 0 aromatic carbocycles. The average Bonchev–Trinajstić information content (AvgIpc) is 3.24. The van der Waals surface area contributed by atoms with Crippen molar-refractivity contribution in [2.24, 2.45) is 17.8 Å². The Morgan fingerprint density at radius 3 is 0.727 bits per heavy atom. The largest absolute Gasteiger partial charge is 0.0856 e. The van der Waals surface area contributed by atoms with Crippen LogP contribution in [0.1, 0.15) is 298 Å². The average molecular weight is 914 g/mol. The van der Waals surface area contributed by atoms with Crippen LogP contribution in [-0.2, 0) is 0 Å². The Morgan fingerprint density at radius 2 is 0.500 bits per heavy atom. The third-order valence-corrected chi connectivity index (χ3v) is 12.8. The molecule has 0 heterocycles. The first kappa shape index (κ1) is 67.9. The molecule has 0 fully saturated rings. The van der Waals surface area contributed by atoms with Gasteiger partial charge in [-0.05, 0) is 197 Å². The Kier molecular flexibility index (Phi) is 50.5. The minimum Gasteiger partial charge on any atom is -0.0856 e. The smallest absolute Gasteiger partial charge is 0.0288 e. The zero-order valence-corrected chi connectivity index (χ0v) is 48.5. The van der Waals surface area contributed by atoms with E-state index in [1.807, 2.05) is 0 Å². The van der Waals surface area contributed by atoms with Crippen LogP contribution in [0.3, 0.4) is 0 Å². The number of hydrogen-bond acceptors (Lipinski definition) is 0. The van der Waals surface area contributed by atoms with Crippen LogP contribution in [0, 0.1) is 17.8 Å². The molecular formula is C66H120. The molecule has 0 heteroatoms. The van der Waals surface area contributed by atoms with Gasteiger partial charge in [0.25, 0.3) is 0 Å². The molecule has 0 N–H and O–H groups in total. The van der Waals surface area contributed by atoms with E-state index >= 15 is 0 Å². The van der Waals surface area contributed by atoms with E-state index in [1.54, 1.807) is 11.1 Å². The first-order valence-corrected chi connectivity index (χ1v) is 28.2. The first-order chi connectivity index (χ1) is 31.4. The van der Waals surface area contributed by atoms with Crippen LogP contribution < -0.4 is 0 Å². The standard InChI is InChI=1S/C32H54.C17H36.C17H30/c1-9-10-17-28(4)19-12-21-30(6)23-14-25-32(8)26-15-24-31(7)22-13-20-29(5)18-11-16-27(2)3;2*1-6-7-11-16(4)13-9-14-17(5)12-8-10-15(2)3/h16-17,20-21,24-25H,9-15,18-19,22-23,26H2,1-8H3;15-17H,6-14H2,1-5H3;10-11,14H,6-9,12-13H2,1-5H3/b28-17+,29-20+,30-21+,31-24+,32-25+;;16-11+,17-14+. The van der Waals surface area contributed by atoms with Gasteiger partial charge in [-0.15, -0.1) is 0 Å². The van der Waals surface area contributed by atoms with Crippen LogP contribution >= 0.6 is 0 Å². The van der Waals surface area contributed by atoms with E-state index < -0.39 is 0 Å². The molecule has 0 aromatic rings. The van der Waals surface area contributed by atoms with Gasteiger partial charge in [-0.3, -0.25) is 0 Å². The fourth-order valence-electron chi connectivity index (χ4n) is 7.93. The van der Waals surface area contributed by atoms with Crippen molar-refractivity contribution in [2.75, 3.05) is 0 Å². The van der Waals surface area contributed by atoms with Gasteiger partial charge in [0.1, 0.15) is 0 Å². The van der Waals surface area contributed by atoms with Crippen molar-refractivity contribution in [1.82, 2.24) is 0 Å². The highest BCUT2D eigenvalue weighted by Crippen LogP contribution is 2.22. The van der Waals surface area contributed by atoms with Crippen LogP contribution in [0.25, 0.3) is 0 Å². The maximum absolute atomic E-state index is 2.45. The number of allylic oxidation sites excluding steroid dienone is 18. The molecule has 0 aliphatic heterocycles. The summed E-state index contributed by atoms with van der Waals surface area (Å²) in [6.45, 7) is 40.9. The number of rotatable bonds is 36. The fourth-order valence-corrected chi connectivity index (χ4v) is 7.93. The third-order valence-electron chi connectivity index (χ3n) is 12.8. The molecule has 0 saturated carbocycles. The summed E-state index contributed by atoms with van der Waals surface area (Å²) in [7, 11) is 0. The number of unbranched alkanes of at least 4 members (excludes halogenated alkanes) is 3. The summed E-state index contributed by atoms with van der Waals surface area (Å²) in [4.78, 5) is 0. The number of hydrogen-bond donors (Lipinski definition) is 0. The Bertz CT molecular complexity index is 1400. The lowest BCUT2D eigenvalue weighted by atomic mass is 9.92. The quantitative estimate of drug-likeness (QED) is 0.0550. The summed E-state index contributed by atoms with van der Waals surface area (Å²) >= 11 is 0. The normalized spacial score (nSPS) is 14.1. The van der Waals surface area contributed by atoms with Crippen molar-refractivity contribution in [2.45, 2.75) is 298 Å². The zero-order valence-electron chi connectivity index (χ0n) is 48.5. The van der Waals surface area contributed by atoms with Gasteiger partial charge in [-0.25, -0.2) is 0 Å². The highest BCUT2D eigenvalue weighted by Gasteiger charge is 2.06. The molecule has 2 unspecified atom stereocenters. The third kappa shape index (κ3) is 56.0. The van der Waals surface area contributed by atoms with E-state index in [9.17, 15) is 0 Å². The van der Waals surface area contributed by atoms with Crippen LogP contribution in [-0.4, -0.2) is 0 Å². The Labute approximate surface area is 418 Å². The van der Waals surface area contributed by atoms with Crippen molar-refractivity contribution >= 4 is 0 Å². The molecule has 0 rings (SSSR count). The van der Waals surface area contributed by atoms with Crippen LogP contribution in [0.15, 0.2) is 105 Å². The molecule has 0 radical (unpaired) electrons. The lowest BCUT2D eigenvalue weighted by Crippen LogP contribution is -2.00. The Morgan fingerprint density at radius 1 is 0.273 bits per heavy atom. The highest BCUT2D eigenvalue weighted by molar-refractivity contribution is 5.09. The summed E-state index contributed by atoms with van der Waals surface area (Å²) in [5.74, 6) is 2.79. The second-order valence-corrected chi connectivity index (χ2v) is 21.9. The molecule has 0 bridgehead atoms. The summed E-state index contributed by atoms with van der Waals surface area (Å²) in [5.41, 5.74) is 13.6. The van der Waals surface area contributed by atoms with Gasteiger partial charge in [0.15, 0.2) is 0 Å². The summed E-state index contributed by atoms with van der Waals surface area (Å²) in [6.07, 6.45) is 56.2. The topological polar surface area (TPSA) is 0 Å². The highest BCUT2D eigenvalue weighted by atomic mass is 14.1. The molecular weight excluding hydrogens is 793 g/mol. The van der Waals surface area contributed by atoms with Gasteiger partial charge < -0.3 is 0 Å². The van der Waals surface area contributed by atoms with Crippen molar-refractivity contribution in [3.05, 3.63) is 105 Å². The van der Waals surface area contributed by atoms with E-state index in [0.717, 1.165) is 17.8 Å². The predicted molar refractivity (Wildman–Crippen MR) is 310 cm³/mol. The summed E-state index contributed by atoms with van der Waals surface area (Å²) in [6, 6.07) is 0. The second-order valence-electron chi connectivity index (χ2n) is 21.9. The van der Waals surface area contributed by atoms with E-state index in [0.29, 0.717) is 0 Å². The van der Waals surface area contributed by atoms with Gasteiger partial charge in [0, 0.05) is 0 Å². The van der Waals surface area contributed by atoms with Crippen molar-refractivity contribution < 1.29 is 0 Å². The summed E-state index contributed by atoms with van der Waals surface area (Å²) < 4.78 is 0. The van der Waals surface area contributed by atoms with Gasteiger partial charge in [0.05, 0.1) is 0 Å². The van der Waals surface area contributed by atoms with E-state index in [1.165, 1.54) is 212 Å². The van der Waals surface area contributed by atoms with Gasteiger partial charge in [-0.1, -0.05) is 224 Å². The molecule has 384 valence electrons. The minimum atomic E-state index is 0.885. The van der Waals surface area contributed by atoms with E-state index in [-0.39, 0.29) is 0 Å². The molecule has 0 aliphatic carbocycles. The van der Waals surface area contributed by atoms with Gasteiger partial charge in [-0.2, -0.15) is 0 Å². The molecule has 0 amide bonds. The molecule has 2 atom stereocenters. The molecule has 0 spiro atoms. The second kappa shape index (κ2) is 49.1. The Balaban J connectivity index is -0.000000986. The molecule has 0 saturated heterocycles. The maximum atomic E-state index is 2.45. The fraction of sp³-hybridized carbons (Fsp3) is 0.727. The molecule has 66 heavy (non-hydrogen) atoms.